The molecule has 0 N–H and O–H groups in total. The molecule has 0 aliphatic heterocycles. The molecule has 3 rings (SSSR count). The van der Waals surface area contributed by atoms with Gasteiger partial charge in [0.05, 0.1) is 0 Å². The summed E-state index contributed by atoms with van der Waals surface area (Å²) in [6, 6.07) is 6.28. The van der Waals surface area contributed by atoms with Gasteiger partial charge in [-0.05, 0) is 60.1 Å². The van der Waals surface area contributed by atoms with Crippen molar-refractivity contribution in [3.05, 3.63) is 82.9 Å². The number of aryl methyl sites for hydroxylation is 4. The van der Waals surface area contributed by atoms with Crippen molar-refractivity contribution < 1.29 is 0 Å². The van der Waals surface area contributed by atoms with Gasteiger partial charge < -0.3 is 0 Å². The van der Waals surface area contributed by atoms with E-state index < -0.39 is 0 Å². The number of nitrogens with zero attached hydrogens (tertiary/aromatic N) is 4. The molecule has 116 valence electrons. The van der Waals surface area contributed by atoms with Crippen molar-refractivity contribution in [1.82, 2.24) is 19.9 Å². The molecular formula is C18H17ClN4. The van der Waals surface area contributed by atoms with Gasteiger partial charge in [0.2, 0.25) is 0 Å². The highest BCUT2D eigenvalue weighted by molar-refractivity contribution is 6.30. The van der Waals surface area contributed by atoms with Crippen LogP contribution < -0.4 is 0 Å². The zero-order valence-corrected chi connectivity index (χ0v) is 13.4. The molecule has 5 heteroatoms. The minimum atomic E-state index is 0.783. The molecule has 1 aromatic carbocycles. The van der Waals surface area contributed by atoms with E-state index in [9.17, 15) is 0 Å². The second-order valence-corrected chi connectivity index (χ2v) is 5.90. The Labute approximate surface area is 140 Å². The van der Waals surface area contributed by atoms with Crippen LogP contribution in [0.15, 0.2) is 55.6 Å². The van der Waals surface area contributed by atoms with Crippen LogP contribution in [0, 0.1) is 0 Å². The fourth-order valence-corrected chi connectivity index (χ4v) is 2.78. The molecule has 0 aliphatic rings. The summed E-state index contributed by atoms with van der Waals surface area (Å²) in [6.07, 6.45) is 14.2. The molecule has 0 atom stereocenters. The predicted octanol–water partition coefficient (Wildman–Crippen LogP) is 3.49. The van der Waals surface area contributed by atoms with E-state index in [-0.39, 0.29) is 0 Å². The van der Waals surface area contributed by atoms with Crippen molar-refractivity contribution in [2.45, 2.75) is 25.7 Å². The lowest BCUT2D eigenvalue weighted by Gasteiger charge is -2.07. The fourth-order valence-electron chi connectivity index (χ4n) is 2.50. The van der Waals surface area contributed by atoms with Crippen molar-refractivity contribution in [1.29, 1.82) is 0 Å². The Kier molecular flexibility index (Phi) is 5.27. The van der Waals surface area contributed by atoms with E-state index >= 15 is 0 Å². The van der Waals surface area contributed by atoms with Crippen LogP contribution in [0.25, 0.3) is 0 Å². The Hall–Kier alpha value is -2.33. The molecule has 0 aliphatic carbocycles. The maximum absolute atomic E-state index is 6.26. The molecule has 0 saturated heterocycles. The maximum atomic E-state index is 6.26. The maximum Gasteiger partial charge on any atom is 0.115 e. The Morgan fingerprint density at radius 2 is 0.957 bits per heavy atom. The molecule has 23 heavy (non-hydrogen) atoms. The van der Waals surface area contributed by atoms with E-state index in [0.29, 0.717) is 0 Å². The van der Waals surface area contributed by atoms with Crippen molar-refractivity contribution in [2.24, 2.45) is 0 Å². The number of benzene rings is 1. The van der Waals surface area contributed by atoms with Gasteiger partial charge in [0, 0.05) is 29.8 Å². The summed E-state index contributed by atoms with van der Waals surface area (Å²) in [5.74, 6) is 0. The summed E-state index contributed by atoms with van der Waals surface area (Å²) in [7, 11) is 0. The third-order valence-electron chi connectivity index (χ3n) is 3.65. The number of halogens is 1. The van der Waals surface area contributed by atoms with E-state index in [4.69, 9.17) is 11.6 Å². The van der Waals surface area contributed by atoms with Crippen molar-refractivity contribution >= 4 is 11.6 Å². The van der Waals surface area contributed by atoms with E-state index in [1.165, 1.54) is 11.1 Å². The Balaban J connectivity index is 1.64. The van der Waals surface area contributed by atoms with Crippen LogP contribution in [0.2, 0.25) is 5.02 Å². The van der Waals surface area contributed by atoms with Gasteiger partial charge in [-0.15, -0.1) is 0 Å². The molecule has 4 nitrogen and oxygen atoms in total. The van der Waals surface area contributed by atoms with Crippen molar-refractivity contribution in [3.63, 3.8) is 0 Å². The van der Waals surface area contributed by atoms with E-state index in [0.717, 1.165) is 41.8 Å². The highest BCUT2D eigenvalue weighted by atomic mass is 35.5. The van der Waals surface area contributed by atoms with Crippen LogP contribution in [-0.4, -0.2) is 19.9 Å². The molecule has 0 amide bonds. The molecule has 3 aromatic rings. The number of rotatable bonds is 6. The lowest BCUT2D eigenvalue weighted by Crippen LogP contribution is -1.97. The fraction of sp³-hybridized carbons (Fsp3) is 0.222. The Bertz CT molecular complexity index is 686. The summed E-state index contributed by atoms with van der Waals surface area (Å²) in [4.78, 5) is 16.2. The molecular weight excluding hydrogens is 308 g/mol. The second kappa shape index (κ2) is 7.79. The molecule has 0 fully saturated rings. The first-order valence-corrected chi connectivity index (χ1v) is 7.93. The van der Waals surface area contributed by atoms with Gasteiger partial charge in [0.25, 0.3) is 0 Å². The van der Waals surface area contributed by atoms with Gasteiger partial charge in [-0.3, -0.25) is 0 Å². The summed E-state index contributed by atoms with van der Waals surface area (Å²) in [5.41, 5.74) is 4.74. The topological polar surface area (TPSA) is 51.6 Å². The zero-order valence-electron chi connectivity index (χ0n) is 12.7. The minimum Gasteiger partial charge on any atom is -0.245 e. The number of hydrogen-bond acceptors (Lipinski definition) is 4. The van der Waals surface area contributed by atoms with Crippen LogP contribution in [-0.2, 0) is 25.7 Å². The Morgan fingerprint density at radius 3 is 1.39 bits per heavy atom. The first-order chi connectivity index (χ1) is 11.3. The van der Waals surface area contributed by atoms with Crippen LogP contribution in [0.3, 0.4) is 0 Å². The van der Waals surface area contributed by atoms with E-state index in [1.54, 1.807) is 12.7 Å². The highest BCUT2D eigenvalue weighted by Crippen LogP contribution is 2.18. The molecule has 2 aromatic heterocycles. The van der Waals surface area contributed by atoms with Crippen LogP contribution in [0.1, 0.15) is 22.3 Å². The largest absolute Gasteiger partial charge is 0.245 e. The van der Waals surface area contributed by atoms with Gasteiger partial charge in [0.1, 0.15) is 12.7 Å². The normalized spacial score (nSPS) is 10.7. The third-order valence-corrected chi connectivity index (χ3v) is 3.87. The van der Waals surface area contributed by atoms with Gasteiger partial charge >= 0.3 is 0 Å². The van der Waals surface area contributed by atoms with Crippen LogP contribution >= 0.6 is 11.6 Å². The molecule has 0 radical (unpaired) electrons. The lowest BCUT2D eigenvalue weighted by molar-refractivity contribution is 0.909. The smallest absolute Gasteiger partial charge is 0.115 e. The van der Waals surface area contributed by atoms with Gasteiger partial charge in [-0.2, -0.15) is 0 Å². The predicted molar refractivity (Wildman–Crippen MR) is 90.3 cm³/mol. The van der Waals surface area contributed by atoms with Gasteiger partial charge in [0.15, 0.2) is 0 Å². The monoisotopic (exact) mass is 324 g/mol. The van der Waals surface area contributed by atoms with E-state index in [2.05, 4.69) is 26.0 Å². The second-order valence-electron chi connectivity index (χ2n) is 5.46. The first-order valence-electron chi connectivity index (χ1n) is 7.56. The lowest BCUT2D eigenvalue weighted by atomic mass is 10.0. The summed E-state index contributed by atoms with van der Waals surface area (Å²) in [6.45, 7) is 0. The van der Waals surface area contributed by atoms with Crippen molar-refractivity contribution in [3.8, 4) is 0 Å². The molecule has 0 spiro atoms. The average Bonchev–Trinajstić information content (AvgIpc) is 2.60. The number of aromatic nitrogens is 4. The average molecular weight is 325 g/mol. The summed E-state index contributed by atoms with van der Waals surface area (Å²) in [5, 5.41) is 0.783. The molecule has 0 unspecified atom stereocenters. The van der Waals surface area contributed by atoms with Crippen LogP contribution in [0.5, 0.6) is 0 Å². The Morgan fingerprint density at radius 1 is 0.565 bits per heavy atom. The molecule has 0 bridgehead atoms. The van der Waals surface area contributed by atoms with Crippen LogP contribution in [0.4, 0.5) is 0 Å². The SMILES string of the molecule is Clc1cc(CCc2cncnc2)cc(CCc2cncnc2)c1. The summed E-state index contributed by atoms with van der Waals surface area (Å²) < 4.78 is 0. The van der Waals surface area contributed by atoms with Crippen molar-refractivity contribution in [2.75, 3.05) is 0 Å². The van der Waals surface area contributed by atoms with E-state index in [1.807, 2.05) is 36.9 Å². The molecule has 0 saturated carbocycles. The third kappa shape index (κ3) is 4.83. The number of hydrogen-bond donors (Lipinski definition) is 0. The first kappa shape index (κ1) is 15.6. The summed E-state index contributed by atoms with van der Waals surface area (Å²) >= 11 is 6.26. The molecule has 2 heterocycles. The zero-order chi connectivity index (χ0) is 15.9. The quantitative estimate of drug-likeness (QED) is 0.696. The highest BCUT2D eigenvalue weighted by Gasteiger charge is 2.03. The minimum absolute atomic E-state index is 0.783. The standard InChI is InChI=1S/C18H17ClN4/c19-18-6-14(1-3-16-8-20-12-21-9-16)5-15(7-18)2-4-17-10-22-13-23-11-17/h5-13H,1-4H2. The van der Waals surface area contributed by atoms with Gasteiger partial charge in [-0.1, -0.05) is 17.7 Å². The van der Waals surface area contributed by atoms with Gasteiger partial charge in [-0.25, -0.2) is 19.9 Å².